The smallest absolute Gasteiger partial charge is 0.0992 e. The molecule has 4 nitrogen and oxygen atoms in total. The molecule has 1 aromatic rings. The van der Waals surface area contributed by atoms with Crippen molar-refractivity contribution in [1.82, 2.24) is 0 Å². The summed E-state index contributed by atoms with van der Waals surface area (Å²) >= 11 is 0. The van der Waals surface area contributed by atoms with Gasteiger partial charge in [0.25, 0.3) is 0 Å². The molecule has 0 saturated heterocycles. The normalized spacial score (nSPS) is 23.3. The highest BCUT2D eigenvalue weighted by molar-refractivity contribution is 5.68. The molecule has 2 unspecified atom stereocenters. The van der Waals surface area contributed by atoms with E-state index in [4.69, 9.17) is 15.7 Å². The minimum absolute atomic E-state index is 0.255. The van der Waals surface area contributed by atoms with Crippen LogP contribution in [-0.4, -0.2) is 19.3 Å². The van der Waals surface area contributed by atoms with E-state index >= 15 is 0 Å². The highest BCUT2D eigenvalue weighted by atomic mass is 16.5. The van der Waals surface area contributed by atoms with E-state index in [0.29, 0.717) is 17.3 Å². The van der Waals surface area contributed by atoms with Crippen molar-refractivity contribution < 1.29 is 4.74 Å². The van der Waals surface area contributed by atoms with Gasteiger partial charge in [-0.2, -0.15) is 5.26 Å². The van der Waals surface area contributed by atoms with Gasteiger partial charge in [0.15, 0.2) is 0 Å². The van der Waals surface area contributed by atoms with Crippen molar-refractivity contribution >= 4 is 11.4 Å². The topological polar surface area (TPSA) is 71.1 Å². The van der Waals surface area contributed by atoms with Crippen molar-refractivity contribution in [3.8, 4) is 6.07 Å². The minimum atomic E-state index is 0.255. The predicted molar refractivity (Wildman–Crippen MR) is 67.6 cm³/mol. The van der Waals surface area contributed by atoms with Gasteiger partial charge in [-0.25, -0.2) is 0 Å². The first-order valence-corrected chi connectivity index (χ1v) is 5.83. The summed E-state index contributed by atoms with van der Waals surface area (Å²) in [4.78, 5) is 0. The summed E-state index contributed by atoms with van der Waals surface area (Å²) in [6, 6.07) is 7.72. The van der Waals surface area contributed by atoms with Gasteiger partial charge in [-0.05, 0) is 37.5 Å². The summed E-state index contributed by atoms with van der Waals surface area (Å²) in [5, 5.41) is 12.2. The molecule has 2 rings (SSSR count). The summed E-state index contributed by atoms with van der Waals surface area (Å²) in [6.45, 7) is 0. The lowest BCUT2D eigenvalue weighted by molar-refractivity contribution is 0.101. The van der Waals surface area contributed by atoms with Gasteiger partial charge in [0.1, 0.15) is 0 Å². The number of hydrogen-bond donors (Lipinski definition) is 2. The first kappa shape index (κ1) is 11.7. The number of nitrogen functional groups attached to an aromatic ring is 1. The Morgan fingerprint density at radius 1 is 1.47 bits per heavy atom. The maximum atomic E-state index is 8.77. The van der Waals surface area contributed by atoms with Gasteiger partial charge in [0.05, 0.1) is 35.2 Å². The predicted octanol–water partition coefficient (Wildman–Crippen LogP) is 2.12. The third-order valence-corrected chi connectivity index (χ3v) is 3.28. The Morgan fingerprint density at radius 2 is 2.29 bits per heavy atom. The molecule has 1 saturated carbocycles. The van der Waals surface area contributed by atoms with Crippen molar-refractivity contribution in [3.05, 3.63) is 23.8 Å². The van der Waals surface area contributed by atoms with E-state index in [-0.39, 0.29) is 6.10 Å². The SMILES string of the molecule is COC1CCCC1Nc1ccc(C#N)cc1N. The van der Waals surface area contributed by atoms with Crippen molar-refractivity contribution in [2.24, 2.45) is 0 Å². The van der Waals surface area contributed by atoms with Gasteiger partial charge in [-0.1, -0.05) is 0 Å². The Hall–Kier alpha value is -1.73. The Balaban J connectivity index is 2.11. The molecule has 1 aromatic carbocycles. The number of ether oxygens (including phenoxy) is 1. The summed E-state index contributed by atoms with van der Waals surface area (Å²) in [5.41, 5.74) is 8.00. The maximum Gasteiger partial charge on any atom is 0.0992 e. The van der Waals surface area contributed by atoms with Gasteiger partial charge >= 0.3 is 0 Å². The molecule has 0 heterocycles. The first-order chi connectivity index (χ1) is 8.24. The van der Waals surface area contributed by atoms with Crippen molar-refractivity contribution in [2.45, 2.75) is 31.4 Å². The van der Waals surface area contributed by atoms with Crippen LogP contribution in [0.4, 0.5) is 11.4 Å². The van der Waals surface area contributed by atoms with E-state index in [1.165, 1.54) is 6.42 Å². The lowest BCUT2D eigenvalue weighted by atomic mass is 10.1. The molecule has 3 N–H and O–H groups in total. The number of hydrogen-bond acceptors (Lipinski definition) is 4. The van der Waals surface area contributed by atoms with E-state index in [1.807, 2.05) is 6.07 Å². The van der Waals surface area contributed by atoms with E-state index < -0.39 is 0 Å². The highest BCUT2D eigenvalue weighted by Crippen LogP contribution is 2.28. The fourth-order valence-electron chi connectivity index (χ4n) is 2.34. The third kappa shape index (κ3) is 2.51. The largest absolute Gasteiger partial charge is 0.397 e. The number of nitrogens with zero attached hydrogens (tertiary/aromatic N) is 1. The van der Waals surface area contributed by atoms with Gasteiger partial charge < -0.3 is 15.8 Å². The molecule has 0 amide bonds. The van der Waals surface area contributed by atoms with Crippen LogP contribution in [0.5, 0.6) is 0 Å². The molecular weight excluding hydrogens is 214 g/mol. The van der Waals surface area contributed by atoms with Crippen LogP contribution in [0, 0.1) is 11.3 Å². The Kier molecular flexibility index (Phi) is 3.50. The van der Waals surface area contributed by atoms with E-state index in [2.05, 4.69) is 11.4 Å². The zero-order valence-corrected chi connectivity index (χ0v) is 9.94. The second-order valence-corrected chi connectivity index (χ2v) is 4.37. The monoisotopic (exact) mass is 231 g/mol. The molecule has 0 radical (unpaired) electrons. The lowest BCUT2D eigenvalue weighted by Gasteiger charge is -2.21. The van der Waals surface area contributed by atoms with Gasteiger partial charge in [0.2, 0.25) is 0 Å². The number of methoxy groups -OCH3 is 1. The van der Waals surface area contributed by atoms with Crippen molar-refractivity contribution in [1.29, 1.82) is 5.26 Å². The zero-order chi connectivity index (χ0) is 12.3. The van der Waals surface area contributed by atoms with Crippen LogP contribution in [0.15, 0.2) is 18.2 Å². The average Bonchev–Trinajstić information content (AvgIpc) is 2.79. The van der Waals surface area contributed by atoms with Crippen molar-refractivity contribution in [2.75, 3.05) is 18.2 Å². The molecule has 0 bridgehead atoms. The van der Waals surface area contributed by atoms with Crippen LogP contribution in [0.25, 0.3) is 0 Å². The quantitative estimate of drug-likeness (QED) is 0.782. The molecule has 1 fully saturated rings. The molecule has 4 heteroatoms. The number of nitrogens with two attached hydrogens (primary N) is 1. The van der Waals surface area contributed by atoms with E-state index in [0.717, 1.165) is 18.5 Å². The molecule has 0 aliphatic heterocycles. The van der Waals surface area contributed by atoms with Crippen molar-refractivity contribution in [3.63, 3.8) is 0 Å². The standard InChI is InChI=1S/C13H17N3O/c1-17-13-4-2-3-12(13)16-11-6-5-9(8-14)7-10(11)15/h5-7,12-13,16H,2-4,15H2,1H3. The Bertz CT molecular complexity index is 439. The fraction of sp³-hybridized carbons (Fsp3) is 0.462. The second kappa shape index (κ2) is 5.07. The minimum Gasteiger partial charge on any atom is -0.397 e. The number of anilines is 2. The molecule has 2 atom stereocenters. The highest BCUT2D eigenvalue weighted by Gasteiger charge is 2.27. The molecule has 1 aliphatic rings. The van der Waals surface area contributed by atoms with E-state index in [9.17, 15) is 0 Å². The van der Waals surface area contributed by atoms with Crippen LogP contribution in [0.2, 0.25) is 0 Å². The van der Waals surface area contributed by atoms with Crippen LogP contribution < -0.4 is 11.1 Å². The molecule has 1 aliphatic carbocycles. The Labute approximate surface area is 101 Å². The summed E-state index contributed by atoms with van der Waals surface area (Å²) in [5.74, 6) is 0. The number of benzene rings is 1. The van der Waals surface area contributed by atoms with Crippen LogP contribution >= 0.6 is 0 Å². The number of nitrogens with one attached hydrogen (secondary N) is 1. The summed E-state index contributed by atoms with van der Waals surface area (Å²) in [7, 11) is 1.74. The summed E-state index contributed by atoms with van der Waals surface area (Å²) < 4.78 is 5.43. The van der Waals surface area contributed by atoms with Gasteiger partial charge in [-0.3, -0.25) is 0 Å². The van der Waals surface area contributed by atoms with Crippen LogP contribution in [0.1, 0.15) is 24.8 Å². The lowest BCUT2D eigenvalue weighted by Crippen LogP contribution is -2.30. The summed E-state index contributed by atoms with van der Waals surface area (Å²) in [6.07, 6.45) is 3.61. The van der Waals surface area contributed by atoms with Crippen LogP contribution in [0.3, 0.4) is 0 Å². The van der Waals surface area contributed by atoms with Gasteiger partial charge in [0, 0.05) is 7.11 Å². The van der Waals surface area contributed by atoms with E-state index in [1.54, 1.807) is 19.2 Å². The maximum absolute atomic E-state index is 8.77. The number of nitriles is 1. The molecule has 17 heavy (non-hydrogen) atoms. The molecule has 0 spiro atoms. The van der Waals surface area contributed by atoms with Gasteiger partial charge in [-0.15, -0.1) is 0 Å². The fourth-order valence-corrected chi connectivity index (χ4v) is 2.34. The Morgan fingerprint density at radius 3 is 2.94 bits per heavy atom. The third-order valence-electron chi connectivity index (χ3n) is 3.28. The number of rotatable bonds is 3. The zero-order valence-electron chi connectivity index (χ0n) is 9.94. The second-order valence-electron chi connectivity index (χ2n) is 4.37. The molecular formula is C13H17N3O. The molecule has 0 aromatic heterocycles. The molecule has 90 valence electrons. The first-order valence-electron chi connectivity index (χ1n) is 5.83. The van der Waals surface area contributed by atoms with Crippen LogP contribution in [-0.2, 0) is 4.74 Å². The average molecular weight is 231 g/mol.